The van der Waals surface area contributed by atoms with Gasteiger partial charge in [0.15, 0.2) is 0 Å². The van der Waals surface area contributed by atoms with Gasteiger partial charge in [0.05, 0.1) is 6.26 Å². The summed E-state index contributed by atoms with van der Waals surface area (Å²) >= 11 is 0. The van der Waals surface area contributed by atoms with Gasteiger partial charge in [-0.1, -0.05) is 0 Å². The first-order chi connectivity index (χ1) is 8.84. The number of nitrogens with zero attached hydrogens (tertiary/aromatic N) is 1. The zero-order valence-corrected chi connectivity index (χ0v) is 12.1. The monoisotopic (exact) mass is 291 g/mol. The Balaban J connectivity index is 2.30. The van der Waals surface area contributed by atoms with Crippen molar-refractivity contribution >= 4 is 21.8 Å². The van der Waals surface area contributed by atoms with Gasteiger partial charge in [-0.05, 0) is 25.7 Å². The Morgan fingerprint density at radius 2 is 1.68 bits per heavy atom. The number of hydrogen-bond acceptors (Lipinski definition) is 4. The molecule has 0 radical (unpaired) electrons. The topological polar surface area (TPSA) is 95.6 Å². The summed E-state index contributed by atoms with van der Waals surface area (Å²) in [6.07, 6.45) is 2.59. The van der Waals surface area contributed by atoms with Crippen LogP contribution in [-0.4, -0.2) is 57.0 Å². The van der Waals surface area contributed by atoms with Gasteiger partial charge in [-0.3, -0.25) is 9.59 Å². The summed E-state index contributed by atoms with van der Waals surface area (Å²) in [5, 5.41) is 4.99. The van der Waals surface area contributed by atoms with E-state index in [4.69, 9.17) is 0 Å². The molecule has 0 aromatic rings. The van der Waals surface area contributed by atoms with E-state index in [0.717, 1.165) is 0 Å². The molecule has 1 aliphatic rings. The fourth-order valence-electron chi connectivity index (χ4n) is 2.00. The van der Waals surface area contributed by atoms with Crippen LogP contribution in [0.15, 0.2) is 0 Å². The number of piperidine rings is 1. The zero-order valence-electron chi connectivity index (χ0n) is 11.3. The molecule has 0 saturated carbocycles. The zero-order chi connectivity index (χ0) is 14.5. The molecule has 0 aromatic carbocycles. The molecule has 0 unspecified atom stereocenters. The number of likely N-dealkylation sites (N-methyl/N-ethyl adjacent to an activating group) is 1. The van der Waals surface area contributed by atoms with Gasteiger partial charge in [-0.15, -0.1) is 0 Å². The minimum Gasteiger partial charge on any atom is -0.348 e. The van der Waals surface area contributed by atoms with E-state index in [1.54, 1.807) is 6.92 Å². The molecule has 19 heavy (non-hydrogen) atoms. The molecule has 1 aliphatic heterocycles. The van der Waals surface area contributed by atoms with Crippen molar-refractivity contribution in [2.75, 3.05) is 32.4 Å². The summed E-state index contributed by atoms with van der Waals surface area (Å²) < 4.78 is 24.1. The Morgan fingerprint density at radius 3 is 2.16 bits per heavy atom. The predicted octanol–water partition coefficient (Wildman–Crippen LogP) is -1.09. The van der Waals surface area contributed by atoms with Gasteiger partial charge in [-0.2, -0.15) is 0 Å². The molecule has 7 nitrogen and oxygen atoms in total. The highest BCUT2D eigenvalue weighted by molar-refractivity contribution is 7.88. The maximum Gasteiger partial charge on any atom is 0.309 e. The Hall–Kier alpha value is -1.15. The average Bonchev–Trinajstić information content (AvgIpc) is 2.35. The number of nitrogens with one attached hydrogen (secondary N) is 2. The quantitative estimate of drug-likeness (QED) is 0.643. The summed E-state index contributed by atoms with van der Waals surface area (Å²) in [4.78, 5) is 22.6. The fourth-order valence-corrected chi connectivity index (χ4v) is 2.88. The van der Waals surface area contributed by atoms with Gasteiger partial charge in [0.25, 0.3) is 0 Å². The summed E-state index contributed by atoms with van der Waals surface area (Å²) in [6.45, 7) is 3.51. The SMILES string of the molecule is CCNC(=O)C(=O)NCC1CCN(S(C)(=O)=O)CC1. The van der Waals surface area contributed by atoms with Crippen LogP contribution in [0.1, 0.15) is 19.8 Å². The Bertz CT molecular complexity index is 427. The summed E-state index contributed by atoms with van der Waals surface area (Å²) in [5.74, 6) is -1.04. The molecule has 0 bridgehead atoms. The molecule has 0 atom stereocenters. The van der Waals surface area contributed by atoms with Gasteiger partial charge < -0.3 is 10.6 Å². The van der Waals surface area contributed by atoms with E-state index in [1.165, 1.54) is 10.6 Å². The fraction of sp³-hybridized carbons (Fsp3) is 0.818. The van der Waals surface area contributed by atoms with Crippen LogP contribution in [0, 0.1) is 5.92 Å². The van der Waals surface area contributed by atoms with E-state index in [2.05, 4.69) is 10.6 Å². The molecule has 2 N–H and O–H groups in total. The Morgan fingerprint density at radius 1 is 1.16 bits per heavy atom. The van der Waals surface area contributed by atoms with Crippen molar-refractivity contribution in [1.82, 2.24) is 14.9 Å². The van der Waals surface area contributed by atoms with Crippen LogP contribution >= 0.6 is 0 Å². The van der Waals surface area contributed by atoms with Gasteiger partial charge in [0, 0.05) is 26.2 Å². The molecule has 110 valence electrons. The molecular weight excluding hydrogens is 270 g/mol. The number of rotatable bonds is 4. The molecule has 1 rings (SSSR count). The van der Waals surface area contributed by atoms with E-state index in [9.17, 15) is 18.0 Å². The maximum atomic E-state index is 11.4. The van der Waals surface area contributed by atoms with Crippen LogP contribution in [-0.2, 0) is 19.6 Å². The molecule has 0 aliphatic carbocycles. The third-order valence-electron chi connectivity index (χ3n) is 3.14. The van der Waals surface area contributed by atoms with Gasteiger partial charge in [0.1, 0.15) is 0 Å². The first-order valence-corrected chi connectivity index (χ1v) is 8.20. The van der Waals surface area contributed by atoms with Crippen molar-refractivity contribution in [3.05, 3.63) is 0 Å². The smallest absolute Gasteiger partial charge is 0.309 e. The number of carbonyl (C=O) groups excluding carboxylic acids is 2. The lowest BCUT2D eigenvalue weighted by Crippen LogP contribution is -2.44. The van der Waals surface area contributed by atoms with Gasteiger partial charge >= 0.3 is 11.8 Å². The van der Waals surface area contributed by atoms with Crippen molar-refractivity contribution < 1.29 is 18.0 Å². The standard InChI is InChI=1S/C11H21N3O4S/c1-3-12-10(15)11(16)13-8-9-4-6-14(7-5-9)19(2,17)18/h9H,3-8H2,1-2H3,(H,12,15)(H,13,16). The van der Waals surface area contributed by atoms with Crippen LogP contribution in [0.5, 0.6) is 0 Å². The third kappa shape index (κ3) is 5.15. The maximum absolute atomic E-state index is 11.4. The highest BCUT2D eigenvalue weighted by Gasteiger charge is 2.25. The largest absolute Gasteiger partial charge is 0.348 e. The Labute approximate surface area is 113 Å². The second-order valence-corrected chi connectivity index (χ2v) is 6.66. The lowest BCUT2D eigenvalue weighted by Gasteiger charge is -2.30. The van der Waals surface area contributed by atoms with Crippen LogP contribution in [0.2, 0.25) is 0 Å². The number of sulfonamides is 1. The second kappa shape index (κ2) is 6.85. The highest BCUT2D eigenvalue weighted by Crippen LogP contribution is 2.18. The minimum absolute atomic E-state index is 0.219. The van der Waals surface area contributed by atoms with E-state index < -0.39 is 21.8 Å². The van der Waals surface area contributed by atoms with E-state index in [1.807, 2.05) is 0 Å². The molecule has 0 spiro atoms. The molecule has 8 heteroatoms. The summed E-state index contributed by atoms with van der Waals surface area (Å²) in [6, 6.07) is 0. The normalized spacial score (nSPS) is 18.0. The Kier molecular flexibility index (Phi) is 5.74. The highest BCUT2D eigenvalue weighted by atomic mass is 32.2. The molecular formula is C11H21N3O4S. The van der Waals surface area contributed by atoms with Gasteiger partial charge in [-0.25, -0.2) is 12.7 Å². The minimum atomic E-state index is -3.12. The summed E-state index contributed by atoms with van der Waals surface area (Å²) in [5.41, 5.74) is 0. The van der Waals surface area contributed by atoms with Crippen molar-refractivity contribution in [3.8, 4) is 0 Å². The molecule has 1 fully saturated rings. The number of carbonyl (C=O) groups is 2. The molecule has 1 saturated heterocycles. The van der Waals surface area contributed by atoms with E-state index in [0.29, 0.717) is 39.0 Å². The van der Waals surface area contributed by atoms with E-state index >= 15 is 0 Å². The van der Waals surface area contributed by atoms with Crippen molar-refractivity contribution in [2.24, 2.45) is 5.92 Å². The van der Waals surface area contributed by atoms with Crippen LogP contribution in [0.25, 0.3) is 0 Å². The van der Waals surface area contributed by atoms with E-state index in [-0.39, 0.29) is 5.92 Å². The van der Waals surface area contributed by atoms with Crippen LogP contribution in [0.4, 0.5) is 0 Å². The van der Waals surface area contributed by atoms with Gasteiger partial charge in [0.2, 0.25) is 10.0 Å². The third-order valence-corrected chi connectivity index (χ3v) is 4.44. The number of hydrogen-bond donors (Lipinski definition) is 2. The first kappa shape index (κ1) is 15.9. The molecule has 0 aromatic heterocycles. The summed E-state index contributed by atoms with van der Waals surface area (Å²) in [7, 11) is -3.12. The first-order valence-electron chi connectivity index (χ1n) is 6.35. The average molecular weight is 291 g/mol. The lowest BCUT2D eigenvalue weighted by molar-refractivity contribution is -0.139. The van der Waals surface area contributed by atoms with Crippen molar-refractivity contribution in [1.29, 1.82) is 0 Å². The lowest BCUT2D eigenvalue weighted by atomic mass is 9.98. The van der Waals surface area contributed by atoms with Crippen LogP contribution in [0.3, 0.4) is 0 Å². The van der Waals surface area contributed by atoms with Crippen molar-refractivity contribution in [3.63, 3.8) is 0 Å². The predicted molar refractivity (Wildman–Crippen MR) is 70.8 cm³/mol. The molecule has 2 amide bonds. The number of amides is 2. The second-order valence-electron chi connectivity index (χ2n) is 4.67. The molecule has 1 heterocycles. The van der Waals surface area contributed by atoms with Crippen molar-refractivity contribution in [2.45, 2.75) is 19.8 Å². The van der Waals surface area contributed by atoms with Crippen LogP contribution < -0.4 is 10.6 Å².